The van der Waals surface area contributed by atoms with E-state index in [2.05, 4.69) is 10.6 Å². The molecule has 4 amide bonds. The summed E-state index contributed by atoms with van der Waals surface area (Å²) in [5.41, 5.74) is -3.57. The van der Waals surface area contributed by atoms with Crippen molar-refractivity contribution in [2.45, 2.75) is 132 Å². The van der Waals surface area contributed by atoms with Gasteiger partial charge in [0.05, 0.1) is 32.1 Å². The Kier molecular flexibility index (Phi) is 14.6. The number of alkyl carbamates (subject to hydrolysis) is 1. The van der Waals surface area contributed by atoms with Crippen molar-refractivity contribution in [2.24, 2.45) is 17.8 Å². The number of amides is 4. The predicted octanol–water partition coefficient (Wildman–Crippen LogP) is 7.09. The number of hydrogen-bond acceptors (Lipinski definition) is 12. The molecule has 2 saturated heterocycles. The van der Waals surface area contributed by atoms with Gasteiger partial charge in [-0.15, -0.1) is 0 Å². The third-order valence-electron chi connectivity index (χ3n) is 14.4. The molecule has 3 aromatic rings. The number of fused-ring (bicyclic) bond motifs is 3. The van der Waals surface area contributed by atoms with E-state index >= 15 is 4.79 Å². The summed E-state index contributed by atoms with van der Waals surface area (Å²) in [6, 6.07) is 11.4. The van der Waals surface area contributed by atoms with Crippen molar-refractivity contribution in [3.8, 4) is 28.6 Å². The van der Waals surface area contributed by atoms with Crippen molar-refractivity contribution in [1.29, 1.82) is 0 Å². The summed E-state index contributed by atoms with van der Waals surface area (Å²) in [4.78, 5) is 64.0. The third-order valence-corrected chi connectivity index (χ3v) is 16.5. The maximum Gasteiger partial charge on any atom is 0.430 e. The maximum atomic E-state index is 15.2. The highest BCUT2D eigenvalue weighted by atomic mass is 32.2. The smallest absolute Gasteiger partial charge is 0.430 e. The van der Waals surface area contributed by atoms with Gasteiger partial charge in [-0.05, 0) is 125 Å². The summed E-state index contributed by atoms with van der Waals surface area (Å²) < 4.78 is 113. The van der Waals surface area contributed by atoms with E-state index in [1.807, 2.05) is 49.8 Å². The topological polar surface area (TPSA) is 201 Å². The molecule has 4 fully saturated rings. The lowest BCUT2D eigenvalue weighted by Gasteiger charge is -2.38. The molecule has 2 saturated carbocycles. The van der Waals surface area contributed by atoms with Crippen molar-refractivity contribution in [3.05, 3.63) is 60.7 Å². The van der Waals surface area contributed by atoms with Crippen LogP contribution in [0.3, 0.4) is 0 Å². The third kappa shape index (κ3) is 10.8. The van der Waals surface area contributed by atoms with Crippen LogP contribution in [0.4, 0.5) is 22.4 Å². The molecule has 0 bridgehead atoms. The Labute approximate surface area is 409 Å². The van der Waals surface area contributed by atoms with Crippen molar-refractivity contribution >= 4 is 44.6 Å². The first-order valence-corrected chi connectivity index (χ1v) is 25.6. The molecule has 3 aliphatic heterocycles. The summed E-state index contributed by atoms with van der Waals surface area (Å²) in [6.07, 6.45) is -3.47. The average molecular weight is 1020 g/mol. The fraction of sp³-hybridized carbons (Fsp3) is 0.580. The molecule has 2 aliphatic carbocycles. The highest BCUT2D eigenvalue weighted by Gasteiger charge is 2.64. The molecule has 16 nitrogen and oxygen atoms in total. The second-order valence-electron chi connectivity index (χ2n) is 20.1. The Morgan fingerprint density at radius 1 is 1.03 bits per heavy atom. The molecule has 71 heavy (non-hydrogen) atoms. The molecule has 0 spiro atoms. The number of nitrogens with one attached hydrogen (secondary N) is 3. The first-order chi connectivity index (χ1) is 33.6. The zero-order valence-corrected chi connectivity index (χ0v) is 41.1. The average Bonchev–Trinajstić information content (AvgIpc) is 4.23. The summed E-state index contributed by atoms with van der Waals surface area (Å²) in [5, 5.41) is 6.44. The van der Waals surface area contributed by atoms with Gasteiger partial charge in [-0.2, -0.15) is 13.2 Å². The van der Waals surface area contributed by atoms with Crippen molar-refractivity contribution in [3.63, 3.8) is 0 Å². The summed E-state index contributed by atoms with van der Waals surface area (Å²) >= 11 is 0. The lowest BCUT2D eigenvalue weighted by Crippen LogP contribution is -2.60. The maximum absolute atomic E-state index is 15.2. The van der Waals surface area contributed by atoms with Gasteiger partial charge >= 0.3 is 12.3 Å². The molecule has 2 aromatic carbocycles. The monoisotopic (exact) mass is 1020 g/mol. The lowest BCUT2D eigenvalue weighted by molar-refractivity contribution is -0.285. The number of aromatic nitrogens is 1. The molecule has 5 aliphatic rings. The molecular weight excluding hydrogens is 955 g/mol. The van der Waals surface area contributed by atoms with E-state index in [0.717, 1.165) is 4.90 Å². The van der Waals surface area contributed by atoms with Crippen LogP contribution in [-0.2, 0) is 33.9 Å². The number of ether oxygens (including phenoxy) is 5. The molecular formula is C50H61F4N5O11S. The molecule has 3 N–H and O–H groups in total. The van der Waals surface area contributed by atoms with Crippen molar-refractivity contribution in [1.82, 2.24) is 25.2 Å². The number of benzene rings is 2. The molecule has 8 atom stereocenters. The van der Waals surface area contributed by atoms with E-state index in [1.54, 1.807) is 43.3 Å². The number of carbonyl (C=O) groups is 4. The van der Waals surface area contributed by atoms with Crippen LogP contribution in [0, 0.1) is 17.8 Å². The Morgan fingerprint density at radius 2 is 1.76 bits per heavy atom. The van der Waals surface area contributed by atoms with Crippen LogP contribution in [0.15, 0.2) is 60.7 Å². The highest BCUT2D eigenvalue weighted by molar-refractivity contribution is 7.91. The van der Waals surface area contributed by atoms with E-state index < -0.39 is 106 Å². The number of halogens is 4. The molecule has 386 valence electrons. The van der Waals surface area contributed by atoms with Gasteiger partial charge in [-0.3, -0.25) is 19.1 Å². The number of allylic oxidation sites excluding steroid dienone is 1. The fourth-order valence-electron chi connectivity index (χ4n) is 9.92. The number of alkyl halides is 4. The van der Waals surface area contributed by atoms with Crippen LogP contribution in [-0.4, -0.2) is 122 Å². The number of rotatable bonds is 12. The summed E-state index contributed by atoms with van der Waals surface area (Å²) in [5.74, 6) is -2.94. The van der Waals surface area contributed by atoms with Crippen LogP contribution in [0.25, 0.3) is 22.0 Å². The van der Waals surface area contributed by atoms with Crippen LogP contribution in [0.5, 0.6) is 17.4 Å². The molecule has 1 aromatic heterocycles. The van der Waals surface area contributed by atoms with E-state index in [4.69, 9.17) is 28.7 Å². The van der Waals surface area contributed by atoms with E-state index in [9.17, 15) is 40.4 Å². The van der Waals surface area contributed by atoms with Crippen molar-refractivity contribution < 1.29 is 68.8 Å². The normalized spacial score (nSPS) is 29.4. The Morgan fingerprint density at radius 3 is 2.41 bits per heavy atom. The largest absolute Gasteiger partial charge is 0.497 e. The SMILES string of the molecule is COc1ccc2c(O[C@@H]3C[C@H]4C(=O)N[C@]5(C(=O)NS(=O)(=O)C6(CF)CC6)C[C@H]5/C=C\CC[C@@H](C)C[C@@H](C)[C@H](NC(=O)O[C@@]5(C(F)(F)F)CCCOC5)C(=O)N4C3)nc(-c3ccc(OC(C)C)cc3)cc2c1. The number of pyridine rings is 1. The van der Waals surface area contributed by atoms with Gasteiger partial charge in [0.2, 0.25) is 33.3 Å². The van der Waals surface area contributed by atoms with Gasteiger partial charge in [-0.25, -0.2) is 22.6 Å². The van der Waals surface area contributed by atoms with Gasteiger partial charge in [0, 0.05) is 36.3 Å². The Hall–Kier alpha value is -5.70. The zero-order chi connectivity index (χ0) is 51.1. The number of sulfonamides is 1. The van der Waals surface area contributed by atoms with Crippen LogP contribution in [0.2, 0.25) is 0 Å². The first-order valence-electron chi connectivity index (χ1n) is 24.1. The summed E-state index contributed by atoms with van der Waals surface area (Å²) in [7, 11) is -2.98. The Bertz CT molecular complexity index is 2640. The lowest BCUT2D eigenvalue weighted by atomic mass is 9.88. The standard InChI is InChI=1S/C50H61F4N5O11S/c1-29(2)68-35-13-11-32(12-14-35)39-23-33-22-36(66-5)15-16-38(33)43(55-39)69-37-24-40-42(60)57-49(45(62)58-71(64,65)47(27-51)18-19-47)25-34(49)10-7-6-9-30(3)21-31(4)41(44(61)59(40)26-37)56-46(63)70-48(50(52,53)54)17-8-20-67-28-48/h7,10-16,22-23,29-31,34,37,40-41H,6,8-9,17-21,24-28H2,1-5H3,(H,56,63)(H,57,60)(H,58,62)/b10-7-/t30-,31-,34-,37-,40+,41+,48+,49-/m1/s1. The van der Waals surface area contributed by atoms with Crippen molar-refractivity contribution in [2.75, 3.05) is 33.5 Å². The van der Waals surface area contributed by atoms with Gasteiger partial charge in [0.1, 0.15) is 46.6 Å². The predicted molar refractivity (Wildman–Crippen MR) is 252 cm³/mol. The minimum Gasteiger partial charge on any atom is -0.497 e. The Balaban J connectivity index is 1.16. The summed E-state index contributed by atoms with van der Waals surface area (Å²) in [6.45, 7) is 5.02. The molecule has 0 radical (unpaired) electrons. The first kappa shape index (κ1) is 51.6. The zero-order valence-electron chi connectivity index (χ0n) is 40.3. The van der Waals surface area contributed by atoms with Gasteiger partial charge in [0.15, 0.2) is 0 Å². The van der Waals surface area contributed by atoms with E-state index in [1.165, 1.54) is 7.11 Å². The number of methoxy groups -OCH3 is 1. The van der Waals surface area contributed by atoms with Crippen LogP contribution in [0.1, 0.15) is 85.5 Å². The molecule has 4 heterocycles. The van der Waals surface area contributed by atoms with Crippen LogP contribution >= 0.6 is 0 Å². The van der Waals surface area contributed by atoms with E-state index in [0.29, 0.717) is 52.8 Å². The van der Waals surface area contributed by atoms with Gasteiger partial charge in [-0.1, -0.05) is 26.0 Å². The van der Waals surface area contributed by atoms with Gasteiger partial charge in [0.25, 0.3) is 5.91 Å². The molecule has 0 unspecified atom stereocenters. The minimum absolute atomic E-state index is 0.0101. The fourth-order valence-corrected chi connectivity index (χ4v) is 11.3. The van der Waals surface area contributed by atoms with E-state index in [-0.39, 0.29) is 63.2 Å². The minimum atomic E-state index is -5.01. The van der Waals surface area contributed by atoms with Crippen LogP contribution < -0.4 is 29.6 Å². The second kappa shape index (κ2) is 20.1. The number of hydrogen-bond donors (Lipinski definition) is 3. The molecule has 8 rings (SSSR count). The second-order valence-corrected chi connectivity index (χ2v) is 22.2. The molecule has 21 heteroatoms. The number of nitrogens with zero attached hydrogens (tertiary/aromatic N) is 2. The highest BCUT2D eigenvalue weighted by Crippen LogP contribution is 2.48. The quantitative estimate of drug-likeness (QED) is 0.123. The number of carbonyl (C=O) groups excluding carboxylic acids is 4. The van der Waals surface area contributed by atoms with Gasteiger partial charge < -0.3 is 39.2 Å².